The zero-order chi connectivity index (χ0) is 18.1. The van der Waals surface area contributed by atoms with Crippen molar-refractivity contribution in [3.05, 3.63) is 53.6 Å². The number of piperazine rings is 1. The number of urea groups is 1. The molecule has 2 aromatic carbocycles. The van der Waals surface area contributed by atoms with E-state index in [4.69, 9.17) is 4.98 Å². The molecule has 1 aliphatic heterocycles. The van der Waals surface area contributed by atoms with E-state index in [1.165, 1.54) is 15.8 Å². The Bertz CT molecular complexity index is 891. The van der Waals surface area contributed by atoms with Gasteiger partial charge in [-0.25, -0.2) is 9.78 Å². The molecular formula is C20H22N4OS. The molecular weight excluding hydrogens is 344 g/mol. The molecule has 0 aliphatic carbocycles. The van der Waals surface area contributed by atoms with Gasteiger partial charge in [-0.3, -0.25) is 0 Å². The summed E-state index contributed by atoms with van der Waals surface area (Å²) in [5.41, 5.74) is 4.43. The number of thiazole rings is 1. The van der Waals surface area contributed by atoms with Crippen LogP contribution in [0.5, 0.6) is 0 Å². The number of aryl methyl sites for hydroxylation is 2. The van der Waals surface area contributed by atoms with E-state index in [0.717, 1.165) is 29.4 Å². The molecule has 134 valence electrons. The van der Waals surface area contributed by atoms with Crippen molar-refractivity contribution in [1.82, 2.24) is 9.88 Å². The Morgan fingerprint density at radius 2 is 1.69 bits per heavy atom. The lowest BCUT2D eigenvalue weighted by atomic mass is 10.1. The van der Waals surface area contributed by atoms with E-state index in [0.29, 0.717) is 13.1 Å². The second-order valence-electron chi connectivity index (χ2n) is 6.64. The number of nitrogens with zero attached hydrogens (tertiary/aromatic N) is 3. The lowest BCUT2D eigenvalue weighted by Gasteiger charge is -2.34. The second-order valence-corrected chi connectivity index (χ2v) is 7.62. The Kier molecular flexibility index (Phi) is 4.51. The highest BCUT2D eigenvalue weighted by molar-refractivity contribution is 7.22. The van der Waals surface area contributed by atoms with Gasteiger partial charge in [-0.15, -0.1) is 0 Å². The number of amides is 2. The number of hydrogen-bond acceptors (Lipinski definition) is 4. The van der Waals surface area contributed by atoms with Gasteiger partial charge in [-0.05, 0) is 37.1 Å². The number of benzene rings is 2. The number of rotatable bonds is 2. The average Bonchev–Trinajstić information content (AvgIpc) is 3.13. The zero-order valence-corrected chi connectivity index (χ0v) is 15.8. The molecule has 26 heavy (non-hydrogen) atoms. The molecule has 0 unspecified atom stereocenters. The molecule has 1 saturated heterocycles. The van der Waals surface area contributed by atoms with Crippen LogP contribution in [0.3, 0.4) is 0 Å². The number of hydrogen-bond donors (Lipinski definition) is 1. The summed E-state index contributed by atoms with van der Waals surface area (Å²) in [6.45, 7) is 7.26. The summed E-state index contributed by atoms with van der Waals surface area (Å²) in [6, 6.07) is 13.8. The summed E-state index contributed by atoms with van der Waals surface area (Å²) in [5.74, 6) is 0. The fourth-order valence-corrected chi connectivity index (χ4v) is 4.37. The van der Waals surface area contributed by atoms with Gasteiger partial charge in [0, 0.05) is 31.9 Å². The molecule has 1 N–H and O–H groups in total. The Hall–Kier alpha value is -2.60. The smallest absolute Gasteiger partial charge is 0.321 e. The van der Waals surface area contributed by atoms with E-state index in [2.05, 4.69) is 36.2 Å². The molecule has 0 spiro atoms. The fraction of sp³-hybridized carbons (Fsp3) is 0.300. The summed E-state index contributed by atoms with van der Waals surface area (Å²) in [5, 5.41) is 4.01. The average molecular weight is 366 g/mol. The predicted molar refractivity (Wildman–Crippen MR) is 108 cm³/mol. The van der Waals surface area contributed by atoms with Crippen LogP contribution in [0.2, 0.25) is 0 Å². The van der Waals surface area contributed by atoms with Gasteiger partial charge in [0.2, 0.25) is 0 Å². The highest BCUT2D eigenvalue weighted by atomic mass is 32.1. The van der Waals surface area contributed by atoms with Gasteiger partial charge in [-0.2, -0.15) is 0 Å². The molecule has 0 atom stereocenters. The summed E-state index contributed by atoms with van der Waals surface area (Å²) < 4.78 is 1.27. The first-order valence-corrected chi connectivity index (χ1v) is 9.66. The third-order valence-electron chi connectivity index (χ3n) is 4.79. The van der Waals surface area contributed by atoms with Crippen molar-refractivity contribution < 1.29 is 4.79 Å². The highest BCUT2D eigenvalue weighted by Crippen LogP contribution is 2.33. The number of anilines is 2. The minimum absolute atomic E-state index is 0.0353. The van der Waals surface area contributed by atoms with E-state index in [1.807, 2.05) is 35.2 Å². The van der Waals surface area contributed by atoms with Crippen LogP contribution in [-0.2, 0) is 0 Å². The molecule has 0 radical (unpaired) electrons. The maximum atomic E-state index is 12.4. The summed E-state index contributed by atoms with van der Waals surface area (Å²) in [4.78, 5) is 21.4. The molecule has 1 aromatic heterocycles. The number of para-hydroxylation sites is 1. The van der Waals surface area contributed by atoms with Crippen LogP contribution in [0.25, 0.3) is 10.2 Å². The number of carbonyl (C=O) groups is 1. The van der Waals surface area contributed by atoms with Gasteiger partial charge in [0.1, 0.15) is 0 Å². The van der Waals surface area contributed by atoms with Crippen molar-refractivity contribution >= 4 is 38.4 Å². The summed E-state index contributed by atoms with van der Waals surface area (Å²) in [7, 11) is 0. The van der Waals surface area contributed by atoms with Crippen molar-refractivity contribution in [2.24, 2.45) is 0 Å². The van der Waals surface area contributed by atoms with Crippen LogP contribution >= 0.6 is 11.3 Å². The van der Waals surface area contributed by atoms with E-state index in [-0.39, 0.29) is 6.03 Å². The first kappa shape index (κ1) is 16.8. The molecule has 1 aliphatic rings. The van der Waals surface area contributed by atoms with Crippen LogP contribution in [0, 0.1) is 13.8 Å². The summed E-state index contributed by atoms with van der Waals surface area (Å²) in [6.07, 6.45) is 0. The standard InChI is InChI=1S/C20H22N4OS/c1-14-8-9-15(2)18-17(14)22-20(26-18)24-12-10-23(11-13-24)19(25)21-16-6-4-3-5-7-16/h3-9H,10-13H2,1-2H3,(H,21,25). The van der Waals surface area contributed by atoms with E-state index in [9.17, 15) is 4.79 Å². The fourth-order valence-electron chi connectivity index (χ4n) is 3.21. The van der Waals surface area contributed by atoms with Gasteiger partial charge in [0.25, 0.3) is 0 Å². The Balaban J connectivity index is 1.43. The largest absolute Gasteiger partial charge is 0.345 e. The van der Waals surface area contributed by atoms with Crippen LogP contribution in [-0.4, -0.2) is 42.1 Å². The molecule has 6 heteroatoms. The first-order chi connectivity index (χ1) is 12.6. The minimum Gasteiger partial charge on any atom is -0.345 e. The third kappa shape index (κ3) is 3.24. The normalized spacial score (nSPS) is 14.7. The Morgan fingerprint density at radius 1 is 1.00 bits per heavy atom. The minimum atomic E-state index is -0.0353. The number of fused-ring (bicyclic) bond motifs is 1. The van der Waals surface area contributed by atoms with Gasteiger partial charge < -0.3 is 15.1 Å². The predicted octanol–water partition coefficient (Wildman–Crippen LogP) is 4.27. The van der Waals surface area contributed by atoms with Crippen LogP contribution in [0.15, 0.2) is 42.5 Å². The zero-order valence-electron chi connectivity index (χ0n) is 15.0. The molecule has 2 heterocycles. The number of carbonyl (C=O) groups excluding carboxylic acids is 1. The van der Waals surface area contributed by atoms with Crippen molar-refractivity contribution in [3.8, 4) is 0 Å². The molecule has 2 amide bonds. The maximum absolute atomic E-state index is 12.4. The van der Waals surface area contributed by atoms with Crippen molar-refractivity contribution in [2.75, 3.05) is 36.4 Å². The third-order valence-corrected chi connectivity index (χ3v) is 6.04. The monoisotopic (exact) mass is 366 g/mol. The maximum Gasteiger partial charge on any atom is 0.321 e. The van der Waals surface area contributed by atoms with Crippen LogP contribution < -0.4 is 10.2 Å². The van der Waals surface area contributed by atoms with Crippen LogP contribution in [0.4, 0.5) is 15.6 Å². The molecule has 3 aromatic rings. The second kappa shape index (κ2) is 6.96. The molecule has 0 bridgehead atoms. The molecule has 5 nitrogen and oxygen atoms in total. The molecule has 4 rings (SSSR count). The van der Waals surface area contributed by atoms with E-state index >= 15 is 0 Å². The van der Waals surface area contributed by atoms with Crippen molar-refractivity contribution in [1.29, 1.82) is 0 Å². The lowest BCUT2D eigenvalue weighted by molar-refractivity contribution is 0.208. The van der Waals surface area contributed by atoms with Crippen LogP contribution in [0.1, 0.15) is 11.1 Å². The van der Waals surface area contributed by atoms with Gasteiger partial charge in [0.05, 0.1) is 10.2 Å². The van der Waals surface area contributed by atoms with E-state index < -0.39 is 0 Å². The Morgan fingerprint density at radius 3 is 2.38 bits per heavy atom. The molecule has 0 saturated carbocycles. The lowest BCUT2D eigenvalue weighted by Crippen LogP contribution is -2.50. The molecule has 1 fully saturated rings. The van der Waals surface area contributed by atoms with Gasteiger partial charge >= 0.3 is 6.03 Å². The SMILES string of the molecule is Cc1ccc(C)c2sc(N3CCN(C(=O)Nc4ccccc4)CC3)nc12. The number of aromatic nitrogens is 1. The van der Waals surface area contributed by atoms with Crippen molar-refractivity contribution in [3.63, 3.8) is 0 Å². The van der Waals surface area contributed by atoms with Gasteiger partial charge in [-0.1, -0.05) is 41.7 Å². The number of nitrogens with one attached hydrogen (secondary N) is 1. The van der Waals surface area contributed by atoms with Crippen molar-refractivity contribution in [2.45, 2.75) is 13.8 Å². The first-order valence-electron chi connectivity index (χ1n) is 8.84. The van der Waals surface area contributed by atoms with Gasteiger partial charge in [0.15, 0.2) is 5.13 Å². The highest BCUT2D eigenvalue weighted by Gasteiger charge is 2.23. The quantitative estimate of drug-likeness (QED) is 0.737. The van der Waals surface area contributed by atoms with E-state index in [1.54, 1.807) is 11.3 Å². The Labute approximate surface area is 157 Å². The summed E-state index contributed by atoms with van der Waals surface area (Å²) >= 11 is 1.75. The topological polar surface area (TPSA) is 48.5 Å².